The Labute approximate surface area is 159 Å². The molecule has 1 aliphatic heterocycles. The summed E-state index contributed by atoms with van der Waals surface area (Å²) in [5.74, 6) is 5.34. The number of halogens is 1. The molecule has 2 aromatic carbocycles. The lowest BCUT2D eigenvalue weighted by Crippen LogP contribution is -2.30. The van der Waals surface area contributed by atoms with E-state index < -0.39 is 0 Å². The third-order valence-electron chi connectivity index (χ3n) is 3.87. The van der Waals surface area contributed by atoms with E-state index in [0.717, 1.165) is 53.5 Å². The van der Waals surface area contributed by atoms with Gasteiger partial charge in [-0.1, -0.05) is 24.1 Å². The zero-order valence-electron chi connectivity index (χ0n) is 14.1. The van der Waals surface area contributed by atoms with Crippen molar-refractivity contribution in [3.05, 3.63) is 59.2 Å². The molecule has 0 atom stereocenters. The Morgan fingerprint density at radius 1 is 1.28 bits per heavy atom. The van der Waals surface area contributed by atoms with Crippen LogP contribution in [0.25, 0.3) is 0 Å². The second kappa shape index (κ2) is 9.41. The molecule has 1 heterocycles. The molecule has 5 heteroatoms. The highest BCUT2D eigenvalue weighted by Gasteiger charge is 2.13. The number of ether oxygens (including phenoxy) is 1. The van der Waals surface area contributed by atoms with Crippen LogP contribution in [-0.4, -0.2) is 26.0 Å². The number of nitrogens with one attached hydrogen (secondary N) is 1. The number of nitrogens with zero attached hydrogens (tertiary/aromatic N) is 1. The molecule has 0 aliphatic carbocycles. The molecule has 1 N–H and O–H groups in total. The third kappa shape index (κ3) is 4.72. The summed E-state index contributed by atoms with van der Waals surface area (Å²) in [5.41, 5.74) is 3.14. The Morgan fingerprint density at radius 2 is 2.12 bits per heavy atom. The second-order valence-electron chi connectivity index (χ2n) is 5.47. The summed E-state index contributed by atoms with van der Waals surface area (Å²) in [6, 6.07) is 14.2. The normalized spacial score (nSPS) is 13.0. The summed E-state index contributed by atoms with van der Waals surface area (Å²) in [5, 5.41) is 3.40. The van der Waals surface area contributed by atoms with Gasteiger partial charge in [0.2, 0.25) is 0 Å². The lowest BCUT2D eigenvalue weighted by atomic mass is 10.1. The molecule has 0 bridgehead atoms. The van der Waals surface area contributed by atoms with Gasteiger partial charge in [0.05, 0.1) is 7.11 Å². The first-order valence-electron chi connectivity index (χ1n) is 7.96. The smallest absolute Gasteiger partial charge is 0.129 e. The molecule has 0 spiro atoms. The molecule has 130 valence electrons. The van der Waals surface area contributed by atoms with Crippen LogP contribution < -0.4 is 10.1 Å². The van der Waals surface area contributed by atoms with Crippen molar-refractivity contribution in [2.75, 3.05) is 20.2 Å². The molecule has 0 fully saturated rings. The Bertz CT molecular complexity index is 799. The lowest BCUT2D eigenvalue weighted by molar-refractivity contribution is 0.411. The molecular weight excluding hydrogens is 352 g/mol. The molecule has 0 saturated heterocycles. The molecular formula is C20H21ClN2OS. The quantitative estimate of drug-likeness (QED) is 0.632. The van der Waals surface area contributed by atoms with Crippen molar-refractivity contribution in [1.29, 1.82) is 0 Å². The molecule has 0 amide bonds. The highest BCUT2D eigenvalue weighted by Crippen LogP contribution is 2.31. The van der Waals surface area contributed by atoms with Gasteiger partial charge in [0.25, 0.3) is 0 Å². The fourth-order valence-corrected chi connectivity index (χ4v) is 3.67. The van der Waals surface area contributed by atoms with E-state index in [-0.39, 0.29) is 12.4 Å². The van der Waals surface area contributed by atoms with Gasteiger partial charge in [0.1, 0.15) is 11.6 Å². The standard InChI is InChI=1S/C20H20N2OS.ClH/c1-3-15-9-10-18(23-2)16(13-15)14-24-19-8-5-4-7-17(19)20-21-11-6-12-22-20;/h1,4-5,7-10,13H,6,11-12,14H2,2H3,(H,21,22);1H. The van der Waals surface area contributed by atoms with E-state index in [0.29, 0.717) is 0 Å². The molecule has 3 nitrogen and oxygen atoms in total. The van der Waals surface area contributed by atoms with Crippen molar-refractivity contribution in [3.63, 3.8) is 0 Å². The maximum absolute atomic E-state index is 5.52. The van der Waals surface area contributed by atoms with Crippen LogP contribution in [0.15, 0.2) is 52.4 Å². The molecule has 25 heavy (non-hydrogen) atoms. The third-order valence-corrected chi connectivity index (χ3v) is 4.99. The Balaban J connectivity index is 0.00000225. The summed E-state index contributed by atoms with van der Waals surface area (Å²) in [6.45, 7) is 1.87. The van der Waals surface area contributed by atoms with Crippen molar-refractivity contribution >= 4 is 30.0 Å². The molecule has 0 aromatic heterocycles. The summed E-state index contributed by atoms with van der Waals surface area (Å²) in [6.07, 6.45) is 6.61. The monoisotopic (exact) mass is 372 g/mol. The molecule has 0 unspecified atom stereocenters. The first-order valence-corrected chi connectivity index (χ1v) is 8.94. The molecule has 0 radical (unpaired) electrons. The van der Waals surface area contributed by atoms with E-state index in [4.69, 9.17) is 11.2 Å². The SMILES string of the molecule is C#Cc1ccc(OC)c(CSc2ccccc2C2=NCCCN2)c1.Cl. The van der Waals surface area contributed by atoms with Gasteiger partial charge in [-0.3, -0.25) is 4.99 Å². The largest absolute Gasteiger partial charge is 0.496 e. The minimum Gasteiger partial charge on any atom is -0.496 e. The van der Waals surface area contributed by atoms with Crippen LogP contribution >= 0.6 is 24.2 Å². The zero-order chi connectivity index (χ0) is 16.8. The molecule has 2 aromatic rings. The van der Waals surface area contributed by atoms with E-state index in [1.165, 1.54) is 4.90 Å². The highest BCUT2D eigenvalue weighted by atomic mass is 35.5. The Hall–Kier alpha value is -2.09. The minimum atomic E-state index is 0. The Kier molecular flexibility index (Phi) is 7.24. The Morgan fingerprint density at radius 3 is 2.84 bits per heavy atom. The topological polar surface area (TPSA) is 33.6 Å². The van der Waals surface area contributed by atoms with Crippen LogP contribution in [0.4, 0.5) is 0 Å². The molecule has 1 aliphatic rings. The number of rotatable bonds is 5. The van der Waals surface area contributed by atoms with Crippen molar-refractivity contribution in [1.82, 2.24) is 5.32 Å². The predicted octanol–water partition coefficient (Wildman–Crippen LogP) is 4.13. The van der Waals surface area contributed by atoms with Crippen LogP contribution in [0, 0.1) is 12.3 Å². The first kappa shape index (κ1) is 19.2. The maximum Gasteiger partial charge on any atom is 0.129 e. The van der Waals surface area contributed by atoms with E-state index in [1.807, 2.05) is 18.2 Å². The van der Waals surface area contributed by atoms with Crippen LogP contribution in [0.5, 0.6) is 5.75 Å². The number of hydrogen-bond acceptors (Lipinski definition) is 4. The van der Waals surface area contributed by atoms with Crippen molar-refractivity contribution < 1.29 is 4.74 Å². The number of amidine groups is 1. The fourth-order valence-electron chi connectivity index (χ4n) is 2.64. The van der Waals surface area contributed by atoms with Gasteiger partial charge in [-0.2, -0.15) is 0 Å². The molecule has 0 saturated carbocycles. The van der Waals surface area contributed by atoms with Gasteiger partial charge in [-0.25, -0.2) is 0 Å². The number of methoxy groups -OCH3 is 1. The van der Waals surface area contributed by atoms with Crippen LogP contribution in [0.1, 0.15) is 23.1 Å². The van der Waals surface area contributed by atoms with Crippen molar-refractivity contribution in [2.24, 2.45) is 4.99 Å². The summed E-state index contributed by atoms with van der Waals surface area (Å²) in [7, 11) is 1.69. The first-order chi connectivity index (χ1) is 11.8. The summed E-state index contributed by atoms with van der Waals surface area (Å²) < 4.78 is 5.46. The fraction of sp³-hybridized carbons (Fsp3) is 0.250. The van der Waals surface area contributed by atoms with Gasteiger partial charge in [-0.15, -0.1) is 30.6 Å². The van der Waals surface area contributed by atoms with Gasteiger partial charge in [0, 0.05) is 40.4 Å². The van der Waals surface area contributed by atoms with E-state index >= 15 is 0 Å². The van der Waals surface area contributed by atoms with Crippen LogP contribution in [-0.2, 0) is 5.75 Å². The predicted molar refractivity (Wildman–Crippen MR) is 108 cm³/mol. The maximum atomic E-state index is 5.52. The van der Waals surface area contributed by atoms with Gasteiger partial charge in [-0.05, 0) is 30.7 Å². The lowest BCUT2D eigenvalue weighted by Gasteiger charge is -2.17. The van der Waals surface area contributed by atoms with E-state index in [1.54, 1.807) is 18.9 Å². The highest BCUT2D eigenvalue weighted by molar-refractivity contribution is 7.98. The second-order valence-corrected chi connectivity index (χ2v) is 6.48. The van der Waals surface area contributed by atoms with E-state index in [2.05, 4.69) is 40.5 Å². The summed E-state index contributed by atoms with van der Waals surface area (Å²) >= 11 is 1.77. The number of hydrogen-bond donors (Lipinski definition) is 1. The molecule has 3 rings (SSSR count). The number of benzene rings is 2. The number of aliphatic imine (C=N–C) groups is 1. The van der Waals surface area contributed by atoms with Gasteiger partial charge < -0.3 is 10.1 Å². The number of thioether (sulfide) groups is 1. The summed E-state index contributed by atoms with van der Waals surface area (Å²) in [4.78, 5) is 5.82. The minimum absolute atomic E-state index is 0. The van der Waals surface area contributed by atoms with Crippen LogP contribution in [0.3, 0.4) is 0 Å². The number of terminal acetylenes is 1. The van der Waals surface area contributed by atoms with Crippen molar-refractivity contribution in [2.45, 2.75) is 17.1 Å². The van der Waals surface area contributed by atoms with Gasteiger partial charge >= 0.3 is 0 Å². The van der Waals surface area contributed by atoms with Crippen molar-refractivity contribution in [3.8, 4) is 18.1 Å². The van der Waals surface area contributed by atoms with Crippen LogP contribution in [0.2, 0.25) is 0 Å². The van der Waals surface area contributed by atoms with Gasteiger partial charge in [0.15, 0.2) is 0 Å². The average molecular weight is 373 g/mol. The average Bonchev–Trinajstić information content (AvgIpc) is 2.67. The zero-order valence-corrected chi connectivity index (χ0v) is 15.8. The van der Waals surface area contributed by atoms with E-state index in [9.17, 15) is 0 Å².